The van der Waals surface area contributed by atoms with Gasteiger partial charge in [0.05, 0.1) is 12.2 Å². The molecule has 0 saturated carbocycles. The number of carbonyl (C=O) groups is 2. The lowest BCUT2D eigenvalue weighted by molar-refractivity contribution is -0.137. The Hall–Kier alpha value is -3.97. The number of aryl methyl sites for hydroxylation is 2. The second-order valence-corrected chi connectivity index (χ2v) is 10.6. The predicted octanol–water partition coefficient (Wildman–Crippen LogP) is 7.43. The van der Waals surface area contributed by atoms with Gasteiger partial charge in [0.1, 0.15) is 6.23 Å². The smallest absolute Gasteiger partial charge is 0.335 e. The van der Waals surface area contributed by atoms with E-state index in [4.69, 9.17) is 9.84 Å². The van der Waals surface area contributed by atoms with Crippen molar-refractivity contribution < 1.29 is 24.5 Å². The van der Waals surface area contributed by atoms with Crippen LogP contribution in [0.4, 0.5) is 0 Å². The molecule has 4 aromatic rings. The summed E-state index contributed by atoms with van der Waals surface area (Å²) in [4.78, 5) is 24.7. The zero-order chi connectivity index (χ0) is 29.6. The molecular weight excluding hydrogens is 562 g/mol. The molecule has 0 aliphatic carbocycles. The third-order valence-electron chi connectivity index (χ3n) is 7.34. The zero-order valence-corrected chi connectivity index (χ0v) is 25.1. The number of aliphatic carboxylic acids is 1. The number of carboxylic acids is 2. The second-order valence-electron chi connectivity index (χ2n) is 10.6. The first kappa shape index (κ1) is 33.5. The number of benzene rings is 4. The minimum atomic E-state index is -0.955. The third-order valence-corrected chi connectivity index (χ3v) is 7.34. The Kier molecular flexibility index (Phi) is 13.9. The van der Waals surface area contributed by atoms with E-state index in [2.05, 4.69) is 65.6 Å². The molecule has 2 N–H and O–H groups in total. The molecule has 0 aliphatic heterocycles. The van der Waals surface area contributed by atoms with Crippen LogP contribution in [0, 0.1) is 0 Å². The zero-order valence-electron chi connectivity index (χ0n) is 24.3. The molecule has 1 unspecified atom stereocenters. The molecule has 0 radical (unpaired) electrons. The highest BCUT2D eigenvalue weighted by Crippen LogP contribution is 2.19. The Balaban J connectivity index is 0.00000506. The number of carboxylic acid groups (broad SMARTS) is 2. The molecule has 0 heterocycles. The molecule has 0 saturated heterocycles. The Morgan fingerprint density at radius 3 is 1.77 bits per heavy atom. The monoisotopic (exact) mass is 601 g/mol. The molecule has 0 aromatic heterocycles. The van der Waals surface area contributed by atoms with E-state index in [0.717, 1.165) is 29.5 Å². The summed E-state index contributed by atoms with van der Waals surface area (Å²) < 4.78 is 6.59. The molecule has 0 bridgehead atoms. The van der Waals surface area contributed by atoms with Crippen LogP contribution in [0.3, 0.4) is 0 Å². The van der Waals surface area contributed by atoms with Gasteiger partial charge in [0.15, 0.2) is 0 Å². The van der Waals surface area contributed by atoms with Crippen molar-refractivity contribution in [3.8, 4) is 0 Å². The van der Waals surface area contributed by atoms with Gasteiger partial charge in [-0.2, -0.15) is 0 Å². The molecule has 1 atom stereocenters. The number of hydrogen-bond donors (Lipinski definition) is 2. The van der Waals surface area contributed by atoms with Crippen LogP contribution in [0.15, 0.2) is 109 Å². The van der Waals surface area contributed by atoms with E-state index in [0.29, 0.717) is 39.0 Å². The van der Waals surface area contributed by atoms with Crippen LogP contribution in [0.2, 0.25) is 0 Å². The lowest BCUT2D eigenvalue weighted by Crippen LogP contribution is -2.39. The molecule has 4 aromatic carbocycles. The summed E-state index contributed by atoms with van der Waals surface area (Å²) in [6.07, 6.45) is 3.81. The van der Waals surface area contributed by atoms with Crippen molar-refractivity contribution in [2.24, 2.45) is 0 Å². The van der Waals surface area contributed by atoms with Crippen molar-refractivity contribution in [1.29, 1.82) is 0 Å². The highest BCUT2D eigenvalue weighted by molar-refractivity contribution is 5.87. The summed E-state index contributed by atoms with van der Waals surface area (Å²) in [6, 6.07) is 36.2. The first-order valence-electron chi connectivity index (χ1n) is 14.5. The Bertz CT molecular complexity index is 1380. The normalized spacial score (nSPS) is 11.6. The lowest BCUT2D eigenvalue weighted by Gasteiger charge is -2.32. The average Bonchev–Trinajstić information content (AvgIpc) is 3.01. The van der Waals surface area contributed by atoms with E-state index in [-0.39, 0.29) is 30.6 Å². The summed E-state index contributed by atoms with van der Waals surface area (Å²) in [5.41, 5.74) is 6.07. The second kappa shape index (κ2) is 17.9. The van der Waals surface area contributed by atoms with Crippen molar-refractivity contribution in [3.05, 3.63) is 143 Å². The molecule has 7 heteroatoms. The Morgan fingerprint density at radius 1 is 0.651 bits per heavy atom. The van der Waals surface area contributed by atoms with E-state index in [1.54, 1.807) is 12.1 Å². The van der Waals surface area contributed by atoms with Crippen molar-refractivity contribution in [2.45, 2.75) is 57.9 Å². The minimum absolute atomic E-state index is 0. The molecule has 0 fully saturated rings. The van der Waals surface area contributed by atoms with Crippen LogP contribution in [0.5, 0.6) is 0 Å². The van der Waals surface area contributed by atoms with E-state index in [1.807, 2.05) is 36.4 Å². The standard InChI is InChI=1S/C36H39NO5.ClH/c38-35(39)13-7-8-24-37(26-31-20-22-33(23-21-31)36(40)41)34(25-30-11-5-2-6-12-30)42-27-32-18-16-29(17-19-32)15-14-28-9-3-1-4-10-28;/h1-6,9-12,16-23,34H,7-8,13-15,24-27H2,(H,38,39)(H,40,41);1H. The van der Waals surface area contributed by atoms with Crippen LogP contribution in [0.25, 0.3) is 0 Å². The number of aromatic carboxylic acids is 1. The first-order valence-corrected chi connectivity index (χ1v) is 14.5. The van der Waals surface area contributed by atoms with E-state index >= 15 is 0 Å². The number of rotatable bonds is 17. The molecule has 0 aliphatic rings. The van der Waals surface area contributed by atoms with Gasteiger partial charge >= 0.3 is 11.9 Å². The highest BCUT2D eigenvalue weighted by Gasteiger charge is 2.21. The van der Waals surface area contributed by atoms with Crippen molar-refractivity contribution >= 4 is 24.3 Å². The Morgan fingerprint density at radius 2 is 1.19 bits per heavy atom. The SMILES string of the molecule is Cl.O=C(O)CCCCN(Cc1ccc(C(=O)O)cc1)C(Cc1ccccc1)OCc1ccc(CCc2ccccc2)cc1. The maximum Gasteiger partial charge on any atom is 0.335 e. The maximum absolute atomic E-state index is 11.3. The fraction of sp³-hybridized carbons (Fsp3) is 0.278. The topological polar surface area (TPSA) is 87.1 Å². The van der Waals surface area contributed by atoms with Gasteiger partial charge in [0.2, 0.25) is 0 Å². The Labute approximate surface area is 260 Å². The number of nitrogens with zero attached hydrogens (tertiary/aromatic N) is 1. The van der Waals surface area contributed by atoms with E-state index in [9.17, 15) is 14.7 Å². The first-order chi connectivity index (χ1) is 20.5. The van der Waals surface area contributed by atoms with Crippen molar-refractivity contribution in [1.82, 2.24) is 4.90 Å². The number of halogens is 1. The average molecular weight is 602 g/mol. The van der Waals surface area contributed by atoms with E-state index < -0.39 is 11.9 Å². The quantitative estimate of drug-likeness (QED) is 0.0966. The van der Waals surface area contributed by atoms with Gasteiger partial charge in [-0.3, -0.25) is 9.69 Å². The van der Waals surface area contributed by atoms with Gasteiger partial charge < -0.3 is 14.9 Å². The minimum Gasteiger partial charge on any atom is -0.481 e. The van der Waals surface area contributed by atoms with Crippen LogP contribution < -0.4 is 0 Å². The van der Waals surface area contributed by atoms with Crippen LogP contribution in [-0.4, -0.2) is 39.8 Å². The molecule has 4 rings (SSSR count). The summed E-state index contributed by atoms with van der Waals surface area (Å²) in [6.45, 7) is 1.66. The molecular formula is C36H40ClNO5. The summed E-state index contributed by atoms with van der Waals surface area (Å²) in [7, 11) is 0. The van der Waals surface area contributed by atoms with Crippen molar-refractivity contribution in [3.63, 3.8) is 0 Å². The van der Waals surface area contributed by atoms with Gasteiger partial charge in [0.25, 0.3) is 0 Å². The molecule has 0 amide bonds. The number of ether oxygens (including phenoxy) is 1. The van der Waals surface area contributed by atoms with Crippen LogP contribution in [-0.2, 0) is 41.9 Å². The molecule has 6 nitrogen and oxygen atoms in total. The predicted molar refractivity (Wildman–Crippen MR) is 172 cm³/mol. The van der Waals surface area contributed by atoms with Gasteiger partial charge in [-0.25, -0.2) is 4.79 Å². The van der Waals surface area contributed by atoms with Gasteiger partial charge in [-0.05, 0) is 65.6 Å². The molecule has 43 heavy (non-hydrogen) atoms. The molecule has 0 spiro atoms. The number of unbranched alkanes of at least 4 members (excludes halogenated alkanes) is 1. The third kappa shape index (κ3) is 11.7. The summed E-state index contributed by atoms with van der Waals surface area (Å²) in [5.74, 6) is -1.75. The largest absolute Gasteiger partial charge is 0.481 e. The van der Waals surface area contributed by atoms with Gasteiger partial charge in [-0.1, -0.05) is 97.1 Å². The summed E-state index contributed by atoms with van der Waals surface area (Å²) >= 11 is 0. The number of hydrogen-bond acceptors (Lipinski definition) is 4. The molecule has 226 valence electrons. The van der Waals surface area contributed by atoms with Crippen LogP contribution >= 0.6 is 12.4 Å². The fourth-order valence-electron chi connectivity index (χ4n) is 4.94. The van der Waals surface area contributed by atoms with Gasteiger partial charge in [-0.15, -0.1) is 12.4 Å². The maximum atomic E-state index is 11.3. The van der Waals surface area contributed by atoms with Crippen molar-refractivity contribution in [2.75, 3.05) is 6.54 Å². The highest BCUT2D eigenvalue weighted by atomic mass is 35.5. The summed E-state index contributed by atoms with van der Waals surface area (Å²) in [5, 5.41) is 18.4. The van der Waals surface area contributed by atoms with Crippen LogP contribution in [0.1, 0.15) is 57.4 Å². The van der Waals surface area contributed by atoms with Gasteiger partial charge in [0, 0.05) is 25.9 Å². The fourth-order valence-corrected chi connectivity index (χ4v) is 4.94. The van der Waals surface area contributed by atoms with E-state index in [1.165, 1.54) is 11.1 Å². The lowest BCUT2D eigenvalue weighted by atomic mass is 10.0.